The molecule has 0 saturated heterocycles. The molecule has 2 aromatic heterocycles. The van der Waals surface area contributed by atoms with Crippen molar-refractivity contribution in [3.05, 3.63) is 100 Å². The minimum Gasteiger partial charge on any atom is -0.484 e. The fraction of sp³-hybridized carbons (Fsp3) is 0.0800. The van der Waals surface area contributed by atoms with Crippen LogP contribution in [0.2, 0.25) is 0 Å². The number of fused-ring (bicyclic) bond motifs is 1. The monoisotopic (exact) mass is 429 g/mol. The van der Waals surface area contributed by atoms with Gasteiger partial charge in [0.2, 0.25) is 0 Å². The number of allylic oxidation sites excluding steroid dienone is 1. The maximum Gasteiger partial charge on any atom is 0.336 e. The third-order valence-corrected chi connectivity index (χ3v) is 4.69. The van der Waals surface area contributed by atoms with E-state index >= 15 is 0 Å². The summed E-state index contributed by atoms with van der Waals surface area (Å²) in [5.74, 6) is 0.449. The second-order valence-electron chi connectivity index (χ2n) is 7.03. The van der Waals surface area contributed by atoms with E-state index in [2.05, 4.69) is 5.32 Å². The molecule has 4 rings (SSSR count). The van der Waals surface area contributed by atoms with E-state index in [0.717, 1.165) is 10.9 Å². The lowest BCUT2D eigenvalue weighted by atomic mass is 10.1. The molecular formula is C25H19NO6. The van der Waals surface area contributed by atoms with Crippen LogP contribution in [-0.2, 0) is 4.79 Å². The molecule has 160 valence electrons. The molecule has 1 amide bonds. The fourth-order valence-electron chi connectivity index (χ4n) is 3.10. The van der Waals surface area contributed by atoms with Crippen molar-refractivity contribution in [3.63, 3.8) is 0 Å². The Morgan fingerprint density at radius 2 is 1.88 bits per heavy atom. The van der Waals surface area contributed by atoms with E-state index in [1.807, 2.05) is 6.92 Å². The van der Waals surface area contributed by atoms with Gasteiger partial charge in [-0.05, 0) is 73.2 Å². The van der Waals surface area contributed by atoms with Crippen molar-refractivity contribution >= 4 is 34.4 Å². The highest BCUT2D eigenvalue weighted by atomic mass is 16.5. The van der Waals surface area contributed by atoms with Crippen molar-refractivity contribution in [1.29, 1.82) is 0 Å². The average Bonchev–Trinajstić information content (AvgIpc) is 3.30. The topological polar surface area (TPSA) is 98.7 Å². The Kier molecular flexibility index (Phi) is 5.98. The zero-order valence-electron chi connectivity index (χ0n) is 17.2. The largest absolute Gasteiger partial charge is 0.484 e. The predicted octanol–water partition coefficient (Wildman–Crippen LogP) is 4.61. The van der Waals surface area contributed by atoms with Gasteiger partial charge in [0.15, 0.2) is 12.4 Å². The van der Waals surface area contributed by atoms with Gasteiger partial charge in [-0.3, -0.25) is 9.59 Å². The summed E-state index contributed by atoms with van der Waals surface area (Å²) in [4.78, 5) is 36.0. The van der Waals surface area contributed by atoms with Crippen LogP contribution in [0.15, 0.2) is 86.6 Å². The molecule has 0 aliphatic heterocycles. The predicted molar refractivity (Wildman–Crippen MR) is 120 cm³/mol. The van der Waals surface area contributed by atoms with E-state index in [-0.39, 0.29) is 18.3 Å². The summed E-state index contributed by atoms with van der Waals surface area (Å²) in [6.45, 7) is 1.59. The van der Waals surface area contributed by atoms with Crippen LogP contribution in [-0.4, -0.2) is 18.3 Å². The number of furan rings is 1. The third kappa shape index (κ3) is 5.02. The summed E-state index contributed by atoms with van der Waals surface area (Å²) >= 11 is 0. The number of rotatable bonds is 7. The second kappa shape index (κ2) is 9.18. The Balaban J connectivity index is 1.33. The number of amides is 1. The number of hydrogen-bond acceptors (Lipinski definition) is 6. The first-order valence-corrected chi connectivity index (χ1v) is 9.81. The normalized spacial score (nSPS) is 11.0. The van der Waals surface area contributed by atoms with Crippen LogP contribution in [0, 0.1) is 6.92 Å². The summed E-state index contributed by atoms with van der Waals surface area (Å²) in [5.41, 5.74) is 1.77. The maximum atomic E-state index is 12.2. The van der Waals surface area contributed by atoms with Gasteiger partial charge in [-0.25, -0.2) is 4.79 Å². The van der Waals surface area contributed by atoms with Gasteiger partial charge < -0.3 is 18.9 Å². The summed E-state index contributed by atoms with van der Waals surface area (Å²) < 4.78 is 15.8. The van der Waals surface area contributed by atoms with Gasteiger partial charge >= 0.3 is 5.63 Å². The van der Waals surface area contributed by atoms with Gasteiger partial charge in [-0.15, -0.1) is 0 Å². The molecule has 7 heteroatoms. The number of benzene rings is 2. The van der Waals surface area contributed by atoms with Crippen molar-refractivity contribution in [3.8, 4) is 5.75 Å². The molecule has 0 aliphatic rings. The van der Waals surface area contributed by atoms with Crippen LogP contribution in [0.1, 0.15) is 21.7 Å². The lowest BCUT2D eigenvalue weighted by molar-refractivity contribution is -0.118. The quantitative estimate of drug-likeness (QED) is 0.262. The molecule has 0 atom stereocenters. The molecule has 0 spiro atoms. The summed E-state index contributed by atoms with van der Waals surface area (Å²) in [6.07, 6.45) is 4.55. The number of aryl methyl sites for hydroxylation is 1. The zero-order chi connectivity index (χ0) is 22.5. The number of ketones is 1. The van der Waals surface area contributed by atoms with Crippen molar-refractivity contribution in [1.82, 2.24) is 0 Å². The van der Waals surface area contributed by atoms with E-state index in [0.29, 0.717) is 28.3 Å². The van der Waals surface area contributed by atoms with Gasteiger partial charge in [0.25, 0.3) is 5.91 Å². The molecule has 0 bridgehead atoms. The standard InChI is InChI=1S/C25H19NO6/c1-16-13-25(29)32-23-14-20(8-10-21(16)23)31-15-24(28)26-18-6-4-17(5-7-18)22(27)11-9-19-3-2-12-30-19/h2-14H,15H2,1H3,(H,26,28)/b11-9+. The van der Waals surface area contributed by atoms with Crippen LogP contribution >= 0.6 is 0 Å². The van der Waals surface area contributed by atoms with E-state index in [1.54, 1.807) is 60.7 Å². The number of anilines is 1. The second-order valence-corrected chi connectivity index (χ2v) is 7.03. The first-order chi connectivity index (χ1) is 15.5. The number of hydrogen-bond donors (Lipinski definition) is 1. The highest BCUT2D eigenvalue weighted by Crippen LogP contribution is 2.22. The van der Waals surface area contributed by atoms with Gasteiger partial charge in [0, 0.05) is 28.8 Å². The molecule has 0 unspecified atom stereocenters. The first kappa shape index (κ1) is 20.9. The first-order valence-electron chi connectivity index (χ1n) is 9.81. The molecule has 0 saturated carbocycles. The molecule has 0 fully saturated rings. The van der Waals surface area contributed by atoms with Crippen LogP contribution in [0.25, 0.3) is 17.0 Å². The van der Waals surface area contributed by atoms with Gasteiger partial charge in [0.1, 0.15) is 17.1 Å². The van der Waals surface area contributed by atoms with E-state index in [9.17, 15) is 14.4 Å². The minimum atomic E-state index is -0.441. The zero-order valence-corrected chi connectivity index (χ0v) is 17.2. The highest BCUT2D eigenvalue weighted by molar-refractivity contribution is 6.07. The van der Waals surface area contributed by atoms with Crippen molar-refractivity contribution in [2.45, 2.75) is 6.92 Å². The number of nitrogens with one attached hydrogen (secondary N) is 1. The summed E-state index contributed by atoms with van der Waals surface area (Å²) in [5, 5.41) is 3.51. The number of ether oxygens (including phenoxy) is 1. The molecule has 2 aromatic carbocycles. The lowest BCUT2D eigenvalue weighted by Gasteiger charge is -2.09. The Hall–Kier alpha value is -4.39. The third-order valence-electron chi connectivity index (χ3n) is 4.69. The highest BCUT2D eigenvalue weighted by Gasteiger charge is 2.08. The molecule has 7 nitrogen and oxygen atoms in total. The molecule has 4 aromatic rings. The summed E-state index contributed by atoms with van der Waals surface area (Å²) in [7, 11) is 0. The van der Waals surface area contributed by atoms with Crippen LogP contribution in [0.5, 0.6) is 5.75 Å². The molecule has 1 N–H and O–H groups in total. The van der Waals surface area contributed by atoms with Crippen molar-refractivity contribution in [2.24, 2.45) is 0 Å². The van der Waals surface area contributed by atoms with Gasteiger partial charge in [-0.1, -0.05) is 0 Å². The molecular weight excluding hydrogens is 410 g/mol. The number of carbonyl (C=O) groups is 2. The molecule has 0 aliphatic carbocycles. The Labute approximate surface area is 182 Å². The van der Waals surface area contributed by atoms with Gasteiger partial charge in [-0.2, -0.15) is 0 Å². The van der Waals surface area contributed by atoms with E-state index < -0.39 is 5.63 Å². The Morgan fingerprint density at radius 1 is 1.06 bits per heavy atom. The molecule has 0 radical (unpaired) electrons. The fourth-order valence-corrected chi connectivity index (χ4v) is 3.10. The SMILES string of the molecule is Cc1cc(=O)oc2cc(OCC(=O)Nc3ccc(C(=O)/C=C/c4ccco4)cc3)ccc12. The van der Waals surface area contributed by atoms with Crippen molar-refractivity contribution in [2.75, 3.05) is 11.9 Å². The molecule has 32 heavy (non-hydrogen) atoms. The smallest absolute Gasteiger partial charge is 0.336 e. The van der Waals surface area contributed by atoms with Crippen molar-refractivity contribution < 1.29 is 23.2 Å². The Bertz CT molecular complexity index is 1350. The molecule has 2 heterocycles. The van der Waals surface area contributed by atoms with Crippen LogP contribution < -0.4 is 15.7 Å². The van der Waals surface area contributed by atoms with Gasteiger partial charge in [0.05, 0.1) is 6.26 Å². The average molecular weight is 429 g/mol. The van der Waals surface area contributed by atoms with E-state index in [4.69, 9.17) is 13.6 Å². The summed E-state index contributed by atoms with van der Waals surface area (Å²) in [6, 6.07) is 16.5. The minimum absolute atomic E-state index is 0.180. The maximum absolute atomic E-state index is 12.2. The Morgan fingerprint density at radius 3 is 2.62 bits per heavy atom. The number of carbonyl (C=O) groups excluding carboxylic acids is 2. The van der Waals surface area contributed by atoms with E-state index in [1.165, 1.54) is 18.4 Å². The van der Waals surface area contributed by atoms with Crippen LogP contribution in [0.3, 0.4) is 0 Å². The van der Waals surface area contributed by atoms with Crippen LogP contribution in [0.4, 0.5) is 5.69 Å². The lowest BCUT2D eigenvalue weighted by Crippen LogP contribution is -2.20.